The smallest absolute Gasteiger partial charge is 0.306 e. The number of carbonyl (C=O) groups is 2. The van der Waals surface area contributed by atoms with Crippen LogP contribution in [0, 0.1) is 0 Å². The van der Waals surface area contributed by atoms with Crippen molar-refractivity contribution in [3.05, 3.63) is 24.3 Å². The fourth-order valence-corrected chi connectivity index (χ4v) is 11.4. The molecule has 0 aromatic rings. The molecule has 0 saturated heterocycles. The largest absolute Gasteiger partial charge is 0.756 e. The van der Waals surface area contributed by atoms with Gasteiger partial charge in [0.1, 0.15) is 19.3 Å². The highest BCUT2D eigenvalue weighted by Gasteiger charge is 2.27. The van der Waals surface area contributed by atoms with Crippen molar-refractivity contribution in [1.82, 2.24) is 5.32 Å². The SMILES string of the molecule is CCCCCCCC/C=C/CCCCCCCCCCCC(=O)OC(/C=C/CCCCCCCCCCCC)C(COP(=O)([O-])OCC[N+](C)(C)C)NC(=O)CCCCCCCCCCCCCCCCCCCCCCCCC. The summed E-state index contributed by atoms with van der Waals surface area (Å²) in [6, 6.07) is -0.884. The third kappa shape index (κ3) is 61.1. The van der Waals surface area contributed by atoms with Gasteiger partial charge < -0.3 is 28.5 Å². The number of rotatable bonds is 65. The summed E-state index contributed by atoms with van der Waals surface area (Å²) in [5.74, 6) is -0.522. The average Bonchev–Trinajstić information content (AvgIpc) is 3.43. The lowest BCUT2D eigenvalue weighted by Gasteiger charge is -2.30. The number of amides is 1. The van der Waals surface area contributed by atoms with Crippen molar-refractivity contribution in [2.24, 2.45) is 0 Å². The number of phosphoric acid groups is 1. The Morgan fingerprint density at radius 2 is 0.725 bits per heavy atom. The quantitative estimate of drug-likeness (QED) is 0.0212. The maximum absolute atomic E-state index is 13.6. The summed E-state index contributed by atoms with van der Waals surface area (Å²) in [7, 11) is 1.20. The molecule has 10 heteroatoms. The lowest BCUT2D eigenvalue weighted by Crippen LogP contribution is -2.47. The Morgan fingerprint density at radius 1 is 0.425 bits per heavy atom. The highest BCUT2D eigenvalue weighted by molar-refractivity contribution is 7.45. The molecular formula is C70H137N2O7P. The van der Waals surface area contributed by atoms with E-state index in [0.717, 1.165) is 57.8 Å². The first-order valence-electron chi connectivity index (χ1n) is 35.1. The summed E-state index contributed by atoms with van der Waals surface area (Å²) in [6.07, 6.45) is 73.0. The highest BCUT2D eigenvalue weighted by atomic mass is 31.2. The van der Waals surface area contributed by atoms with Gasteiger partial charge in [-0.3, -0.25) is 14.2 Å². The zero-order valence-electron chi connectivity index (χ0n) is 54.3. The fourth-order valence-electron chi connectivity index (χ4n) is 10.7. The van der Waals surface area contributed by atoms with Gasteiger partial charge in [-0.2, -0.15) is 0 Å². The summed E-state index contributed by atoms with van der Waals surface area (Å²) in [4.78, 5) is 40.1. The zero-order chi connectivity index (χ0) is 58.6. The monoisotopic (exact) mass is 1150 g/mol. The molecule has 3 unspecified atom stereocenters. The van der Waals surface area contributed by atoms with Crippen LogP contribution in [0.1, 0.15) is 361 Å². The molecule has 3 atom stereocenters. The van der Waals surface area contributed by atoms with E-state index in [9.17, 15) is 19.0 Å². The van der Waals surface area contributed by atoms with Gasteiger partial charge in [-0.15, -0.1) is 0 Å². The third-order valence-electron chi connectivity index (χ3n) is 16.1. The van der Waals surface area contributed by atoms with E-state index in [1.807, 2.05) is 33.3 Å². The lowest BCUT2D eigenvalue weighted by molar-refractivity contribution is -0.870. The Morgan fingerprint density at radius 3 is 1.06 bits per heavy atom. The van der Waals surface area contributed by atoms with Crippen LogP contribution >= 0.6 is 7.82 Å². The zero-order valence-corrected chi connectivity index (χ0v) is 55.2. The van der Waals surface area contributed by atoms with E-state index >= 15 is 0 Å². The number of ether oxygens (including phenoxy) is 1. The molecule has 80 heavy (non-hydrogen) atoms. The minimum atomic E-state index is -4.70. The van der Waals surface area contributed by atoms with E-state index in [2.05, 4.69) is 38.2 Å². The van der Waals surface area contributed by atoms with Crippen molar-refractivity contribution in [3.8, 4) is 0 Å². The Labute approximate surface area is 498 Å². The first kappa shape index (κ1) is 78.5. The molecule has 0 aliphatic heterocycles. The Kier molecular flexibility index (Phi) is 59.5. The molecule has 0 aliphatic carbocycles. The highest BCUT2D eigenvalue weighted by Crippen LogP contribution is 2.38. The maximum Gasteiger partial charge on any atom is 0.306 e. The molecule has 0 aliphatic rings. The first-order valence-corrected chi connectivity index (χ1v) is 36.6. The number of quaternary nitrogens is 1. The van der Waals surface area contributed by atoms with Crippen LogP contribution in [0.5, 0.6) is 0 Å². The molecule has 0 aromatic carbocycles. The molecule has 1 N–H and O–H groups in total. The van der Waals surface area contributed by atoms with Crippen LogP contribution in [-0.2, 0) is 27.9 Å². The van der Waals surface area contributed by atoms with E-state index in [4.69, 9.17) is 13.8 Å². The fraction of sp³-hybridized carbons (Fsp3) is 0.914. The number of phosphoric ester groups is 1. The molecule has 0 aromatic heterocycles. The molecular weight excluding hydrogens is 1010 g/mol. The normalized spacial score (nSPS) is 13.6. The molecule has 0 radical (unpaired) electrons. The second-order valence-corrected chi connectivity index (χ2v) is 26.8. The van der Waals surface area contributed by atoms with Crippen LogP contribution in [0.3, 0.4) is 0 Å². The van der Waals surface area contributed by atoms with Crippen molar-refractivity contribution < 1.29 is 37.3 Å². The third-order valence-corrected chi connectivity index (χ3v) is 17.1. The number of nitrogens with zero attached hydrogens (tertiary/aromatic N) is 1. The van der Waals surface area contributed by atoms with E-state index in [1.165, 1.54) is 270 Å². The number of hydrogen-bond acceptors (Lipinski definition) is 7. The minimum Gasteiger partial charge on any atom is -0.756 e. The Hall–Kier alpha value is -1.51. The number of hydrogen-bond donors (Lipinski definition) is 1. The van der Waals surface area contributed by atoms with Crippen molar-refractivity contribution in [2.45, 2.75) is 373 Å². The Bertz CT molecular complexity index is 1420. The summed E-state index contributed by atoms with van der Waals surface area (Å²) in [6.45, 7) is 6.90. The van der Waals surface area contributed by atoms with Gasteiger partial charge in [-0.25, -0.2) is 0 Å². The van der Waals surface area contributed by atoms with Crippen LogP contribution in [0.15, 0.2) is 24.3 Å². The van der Waals surface area contributed by atoms with Crippen LogP contribution in [0.25, 0.3) is 0 Å². The van der Waals surface area contributed by atoms with Gasteiger partial charge >= 0.3 is 5.97 Å². The lowest BCUT2D eigenvalue weighted by atomic mass is 10.0. The van der Waals surface area contributed by atoms with Crippen LogP contribution in [0.4, 0.5) is 0 Å². The van der Waals surface area contributed by atoms with Crippen LogP contribution in [0.2, 0.25) is 0 Å². The second-order valence-electron chi connectivity index (χ2n) is 25.4. The molecule has 0 heterocycles. The molecule has 0 spiro atoms. The number of nitrogens with one attached hydrogen (secondary N) is 1. The van der Waals surface area contributed by atoms with Crippen molar-refractivity contribution >= 4 is 19.7 Å². The molecule has 474 valence electrons. The molecule has 0 rings (SSSR count). The van der Waals surface area contributed by atoms with Crippen LogP contribution in [-0.4, -0.2) is 69.4 Å². The molecule has 9 nitrogen and oxygen atoms in total. The first-order chi connectivity index (χ1) is 38.9. The number of allylic oxidation sites excluding steroid dienone is 3. The topological polar surface area (TPSA) is 114 Å². The van der Waals surface area contributed by atoms with Gasteiger partial charge in [0.2, 0.25) is 5.91 Å². The summed E-state index contributed by atoms with van der Waals surface area (Å²) < 4.78 is 30.4. The molecule has 0 bridgehead atoms. The second kappa shape index (κ2) is 60.6. The number of esters is 1. The van der Waals surface area contributed by atoms with Gasteiger partial charge in [-0.1, -0.05) is 315 Å². The summed E-state index contributed by atoms with van der Waals surface area (Å²) in [5.41, 5.74) is 0. The van der Waals surface area contributed by atoms with Gasteiger partial charge in [-0.05, 0) is 57.4 Å². The summed E-state index contributed by atoms with van der Waals surface area (Å²) in [5, 5.41) is 3.05. The van der Waals surface area contributed by atoms with E-state index in [-0.39, 0.29) is 31.5 Å². The van der Waals surface area contributed by atoms with Crippen molar-refractivity contribution in [1.29, 1.82) is 0 Å². The van der Waals surface area contributed by atoms with Gasteiger partial charge in [0.15, 0.2) is 0 Å². The van der Waals surface area contributed by atoms with Gasteiger partial charge in [0.05, 0.1) is 33.8 Å². The number of likely N-dealkylation sites (N-methyl/N-ethyl adjacent to an activating group) is 1. The van der Waals surface area contributed by atoms with Gasteiger partial charge in [0, 0.05) is 12.8 Å². The van der Waals surface area contributed by atoms with E-state index < -0.39 is 20.0 Å². The van der Waals surface area contributed by atoms with E-state index in [0.29, 0.717) is 17.4 Å². The van der Waals surface area contributed by atoms with Gasteiger partial charge in [0.25, 0.3) is 7.82 Å². The Balaban J connectivity index is 5.06. The van der Waals surface area contributed by atoms with Crippen molar-refractivity contribution in [2.75, 3.05) is 40.9 Å². The predicted molar refractivity (Wildman–Crippen MR) is 344 cm³/mol. The average molecular weight is 1150 g/mol. The number of unbranched alkanes of at least 4 members (excludes halogenated alkanes) is 47. The maximum atomic E-state index is 13.6. The minimum absolute atomic E-state index is 0.0186. The van der Waals surface area contributed by atoms with Crippen molar-refractivity contribution in [3.63, 3.8) is 0 Å². The van der Waals surface area contributed by atoms with E-state index in [1.54, 1.807) is 0 Å². The summed E-state index contributed by atoms with van der Waals surface area (Å²) >= 11 is 0. The predicted octanol–water partition coefficient (Wildman–Crippen LogP) is 21.4. The molecule has 0 fully saturated rings. The number of carbonyl (C=O) groups excluding carboxylic acids is 2. The standard InChI is InChI=1S/C70H137N2O7P/c1-7-10-13-16-19-22-25-28-30-32-34-35-36-37-39-40-42-44-47-50-53-56-59-62-69(73)71-67(66-78-80(75,76)77-65-64-72(4,5)6)68(61-58-55-52-49-46-27-24-21-18-15-12-9-3)79-70(74)63-60-57-54-51-48-45-43-41-38-33-31-29-26-23-20-17-14-11-8-2/h29,31,58,61,67-68H,7-28,30,32-57,59-60,62-66H2,1-6H3,(H-,71,73,75,76)/b31-29+,61-58+. The van der Waals surface area contributed by atoms with Crippen LogP contribution < -0.4 is 10.2 Å². The molecule has 0 saturated carbocycles. The molecule has 1 amide bonds.